The summed E-state index contributed by atoms with van der Waals surface area (Å²) in [7, 11) is 2.61. The van der Waals surface area contributed by atoms with Crippen LogP contribution in [0.3, 0.4) is 0 Å². The average Bonchev–Trinajstić information content (AvgIpc) is 2.39. The minimum Gasteiger partial charge on any atom is -0.353 e. The molecule has 0 heterocycles. The van der Waals surface area contributed by atoms with Crippen molar-refractivity contribution in [2.24, 2.45) is 0 Å². The Bertz CT molecular complexity index is 375. The molecule has 4 heteroatoms. The molecule has 1 aromatic carbocycles. The summed E-state index contributed by atoms with van der Waals surface area (Å²) >= 11 is 0. The largest absolute Gasteiger partial charge is 0.353 e. The van der Waals surface area contributed by atoms with Crippen LogP contribution < -0.4 is 5.30 Å². The second-order valence-electron chi connectivity index (χ2n) is 4.40. The maximum atomic E-state index is 11.9. The summed E-state index contributed by atoms with van der Waals surface area (Å²) in [5.74, 6) is 0.197. The van der Waals surface area contributed by atoms with E-state index in [1.807, 2.05) is 38.1 Å². The van der Waals surface area contributed by atoms with Gasteiger partial charge in [0.05, 0.1) is 0 Å². The van der Waals surface area contributed by atoms with Crippen LogP contribution >= 0.6 is 9.24 Å². The highest BCUT2D eigenvalue weighted by Gasteiger charge is 2.05. The van der Waals surface area contributed by atoms with E-state index in [1.165, 1.54) is 0 Å². The number of hydrogen-bond donors (Lipinski definition) is 0. The van der Waals surface area contributed by atoms with Crippen LogP contribution in [0.1, 0.15) is 43.5 Å². The Hall–Kier alpha value is -0.760. The fourth-order valence-corrected chi connectivity index (χ4v) is 1.93. The molecule has 0 aromatic heterocycles. The van der Waals surface area contributed by atoms with Crippen molar-refractivity contribution in [3.8, 4) is 0 Å². The van der Waals surface area contributed by atoms with Gasteiger partial charge in [0.2, 0.25) is 0 Å². The zero-order valence-corrected chi connectivity index (χ0v) is 12.9. The molecule has 0 N–H and O–H groups in total. The van der Waals surface area contributed by atoms with Crippen LogP contribution in [0.5, 0.6) is 0 Å². The summed E-state index contributed by atoms with van der Waals surface area (Å²) in [6.07, 6.45) is 2.14. The van der Waals surface area contributed by atoms with E-state index in [2.05, 4.69) is 9.24 Å². The van der Waals surface area contributed by atoms with Gasteiger partial charge in [0, 0.05) is 25.2 Å². The lowest BCUT2D eigenvalue weighted by molar-refractivity contribution is -0.127. The standard InChI is InChI=1S/C15H23O3P/c1-3-17-12(2)18-11-5-4-6-15(16)13-7-9-14(19)10-8-13/h7-10,12H,3-6,11,19H2,1-2H3. The predicted octanol–water partition coefficient (Wildman–Crippen LogP) is 2.94. The Balaban J connectivity index is 2.15. The third-order valence-electron chi connectivity index (χ3n) is 2.78. The average molecular weight is 282 g/mol. The number of carbonyl (C=O) groups excluding carboxylic acids is 1. The van der Waals surface area contributed by atoms with E-state index in [-0.39, 0.29) is 12.1 Å². The number of carbonyl (C=O) groups is 1. The van der Waals surface area contributed by atoms with Crippen LogP contribution in [-0.2, 0) is 9.47 Å². The zero-order chi connectivity index (χ0) is 14.1. The Labute approximate surface area is 117 Å². The third-order valence-corrected chi connectivity index (χ3v) is 3.17. The van der Waals surface area contributed by atoms with Gasteiger partial charge in [0.15, 0.2) is 12.1 Å². The number of ether oxygens (including phenoxy) is 2. The fourth-order valence-electron chi connectivity index (χ4n) is 1.73. The van der Waals surface area contributed by atoms with Crippen LogP contribution in [0.2, 0.25) is 0 Å². The molecule has 0 aliphatic rings. The van der Waals surface area contributed by atoms with Crippen molar-refractivity contribution in [3.63, 3.8) is 0 Å². The van der Waals surface area contributed by atoms with Gasteiger partial charge in [-0.1, -0.05) is 24.3 Å². The lowest BCUT2D eigenvalue weighted by Gasteiger charge is -2.12. The molecule has 0 aliphatic heterocycles. The number of Topliss-reactive ketones (excluding diaryl/α,β-unsaturated/α-hetero) is 1. The second kappa shape index (κ2) is 9.19. The Morgan fingerprint density at radius 2 is 1.89 bits per heavy atom. The molecule has 0 amide bonds. The molecule has 1 aromatic rings. The minimum atomic E-state index is -0.157. The molecule has 0 saturated carbocycles. The lowest BCUT2D eigenvalue weighted by atomic mass is 10.1. The Morgan fingerprint density at radius 3 is 2.53 bits per heavy atom. The van der Waals surface area contributed by atoms with E-state index >= 15 is 0 Å². The van der Waals surface area contributed by atoms with Gasteiger partial charge < -0.3 is 9.47 Å². The van der Waals surface area contributed by atoms with Crippen LogP contribution in [0, 0.1) is 0 Å². The van der Waals surface area contributed by atoms with E-state index < -0.39 is 0 Å². The zero-order valence-electron chi connectivity index (χ0n) is 11.7. The summed E-state index contributed by atoms with van der Waals surface area (Å²) in [5, 5.41) is 1.09. The van der Waals surface area contributed by atoms with Gasteiger partial charge in [0.1, 0.15) is 0 Å². The molecule has 19 heavy (non-hydrogen) atoms. The van der Waals surface area contributed by atoms with Crippen molar-refractivity contribution in [2.75, 3.05) is 13.2 Å². The molecule has 2 atom stereocenters. The molecule has 0 fully saturated rings. The van der Waals surface area contributed by atoms with E-state index in [9.17, 15) is 4.79 Å². The van der Waals surface area contributed by atoms with E-state index in [0.717, 1.165) is 23.7 Å². The van der Waals surface area contributed by atoms with Gasteiger partial charge in [-0.15, -0.1) is 9.24 Å². The van der Waals surface area contributed by atoms with Crippen molar-refractivity contribution in [1.82, 2.24) is 0 Å². The number of benzene rings is 1. The highest BCUT2D eigenvalue weighted by atomic mass is 31.0. The summed E-state index contributed by atoms with van der Waals surface area (Å²) in [6, 6.07) is 7.62. The number of hydrogen-bond acceptors (Lipinski definition) is 3. The van der Waals surface area contributed by atoms with Gasteiger partial charge in [-0.05, 0) is 32.0 Å². The first-order valence-corrected chi connectivity index (χ1v) is 7.33. The highest BCUT2D eigenvalue weighted by Crippen LogP contribution is 2.07. The van der Waals surface area contributed by atoms with E-state index in [0.29, 0.717) is 19.6 Å². The molecule has 1 rings (SSSR count). The number of unbranched alkanes of at least 4 members (excludes halogenated alkanes) is 1. The third kappa shape index (κ3) is 6.81. The Kier molecular flexibility index (Phi) is 7.88. The first kappa shape index (κ1) is 16.3. The minimum absolute atomic E-state index is 0.157. The molecule has 0 aliphatic carbocycles. The maximum Gasteiger partial charge on any atom is 0.162 e. The summed E-state index contributed by atoms with van der Waals surface area (Å²) in [4.78, 5) is 11.9. The van der Waals surface area contributed by atoms with E-state index in [1.54, 1.807) is 0 Å². The van der Waals surface area contributed by atoms with Crippen molar-refractivity contribution >= 4 is 20.3 Å². The molecular weight excluding hydrogens is 259 g/mol. The van der Waals surface area contributed by atoms with Gasteiger partial charge in [0.25, 0.3) is 0 Å². The molecule has 0 bridgehead atoms. The van der Waals surface area contributed by atoms with Crippen LogP contribution in [-0.4, -0.2) is 25.3 Å². The maximum absolute atomic E-state index is 11.9. The van der Waals surface area contributed by atoms with Gasteiger partial charge in [-0.2, -0.15) is 0 Å². The first-order chi connectivity index (χ1) is 9.13. The molecule has 106 valence electrons. The van der Waals surface area contributed by atoms with Gasteiger partial charge in [-0.25, -0.2) is 0 Å². The molecule has 2 unspecified atom stereocenters. The molecule has 0 saturated heterocycles. The Morgan fingerprint density at radius 1 is 1.21 bits per heavy atom. The number of rotatable bonds is 9. The molecule has 0 radical (unpaired) electrons. The summed E-state index contributed by atoms with van der Waals surface area (Å²) in [6.45, 7) is 5.13. The lowest BCUT2D eigenvalue weighted by Crippen LogP contribution is -2.13. The van der Waals surface area contributed by atoms with Gasteiger partial charge >= 0.3 is 0 Å². The summed E-state index contributed by atoms with van der Waals surface area (Å²) in [5.41, 5.74) is 0.787. The number of ketones is 1. The van der Waals surface area contributed by atoms with Crippen molar-refractivity contribution < 1.29 is 14.3 Å². The van der Waals surface area contributed by atoms with Crippen LogP contribution in [0.25, 0.3) is 0 Å². The smallest absolute Gasteiger partial charge is 0.162 e. The normalized spacial score (nSPS) is 12.4. The van der Waals surface area contributed by atoms with E-state index in [4.69, 9.17) is 9.47 Å². The quantitative estimate of drug-likeness (QED) is 0.302. The monoisotopic (exact) mass is 282 g/mol. The molecular formula is C15H23O3P. The van der Waals surface area contributed by atoms with Crippen molar-refractivity contribution in [3.05, 3.63) is 29.8 Å². The topological polar surface area (TPSA) is 35.5 Å². The van der Waals surface area contributed by atoms with Crippen LogP contribution in [0.15, 0.2) is 24.3 Å². The second-order valence-corrected chi connectivity index (χ2v) is 5.06. The summed E-state index contributed by atoms with van der Waals surface area (Å²) < 4.78 is 10.7. The first-order valence-electron chi connectivity index (χ1n) is 6.75. The highest BCUT2D eigenvalue weighted by molar-refractivity contribution is 7.27. The van der Waals surface area contributed by atoms with Crippen molar-refractivity contribution in [1.29, 1.82) is 0 Å². The predicted molar refractivity (Wildman–Crippen MR) is 81.0 cm³/mol. The molecule has 0 spiro atoms. The van der Waals surface area contributed by atoms with Crippen LogP contribution in [0.4, 0.5) is 0 Å². The molecule has 3 nitrogen and oxygen atoms in total. The SMILES string of the molecule is CCOC(C)OCCCCC(=O)c1ccc(P)cc1. The van der Waals surface area contributed by atoms with Crippen molar-refractivity contribution in [2.45, 2.75) is 39.4 Å². The fraction of sp³-hybridized carbons (Fsp3) is 0.533. The van der Waals surface area contributed by atoms with Gasteiger partial charge in [-0.3, -0.25) is 4.79 Å².